The Kier molecular flexibility index (Phi) is 9.17. The zero-order chi connectivity index (χ0) is 26.8. The molecule has 4 rings (SSSR count). The molecule has 0 aromatic heterocycles. The van der Waals surface area contributed by atoms with Crippen molar-refractivity contribution in [1.82, 2.24) is 0 Å². The van der Waals surface area contributed by atoms with E-state index in [1.165, 1.54) is 51.4 Å². The maximum atomic E-state index is 12.5. The van der Waals surface area contributed by atoms with Crippen molar-refractivity contribution in [3.63, 3.8) is 0 Å². The van der Waals surface area contributed by atoms with Crippen molar-refractivity contribution in [2.24, 2.45) is 46.3 Å². The highest BCUT2D eigenvalue weighted by atomic mass is 16.5. The van der Waals surface area contributed by atoms with Gasteiger partial charge in [0, 0.05) is 19.3 Å². The fourth-order valence-corrected chi connectivity index (χ4v) is 9.17. The summed E-state index contributed by atoms with van der Waals surface area (Å²) in [6, 6.07) is 0. The first-order chi connectivity index (χ1) is 17.5. The number of rotatable bonds is 11. The number of unbranched alkanes of at least 4 members (excludes halogenated alkanes) is 1. The zero-order valence-electron chi connectivity index (χ0n) is 24.4. The number of carboxylic acid groups (broad SMARTS) is 1. The Morgan fingerprint density at radius 2 is 1.73 bits per heavy atom. The minimum Gasteiger partial charge on any atom is -0.481 e. The van der Waals surface area contributed by atoms with Gasteiger partial charge in [-0.2, -0.15) is 0 Å². The number of hydrogen-bond acceptors (Lipinski definition) is 3. The fourth-order valence-electron chi connectivity index (χ4n) is 9.17. The Hall–Kier alpha value is -1.32. The highest BCUT2D eigenvalue weighted by Crippen LogP contribution is 2.67. The summed E-state index contributed by atoms with van der Waals surface area (Å²) in [7, 11) is 0. The highest BCUT2D eigenvalue weighted by molar-refractivity contribution is 5.70. The number of carboxylic acids is 1. The Morgan fingerprint density at radius 1 is 0.973 bits per heavy atom. The van der Waals surface area contributed by atoms with Crippen LogP contribution in [0.5, 0.6) is 0 Å². The topological polar surface area (TPSA) is 63.6 Å². The molecule has 4 nitrogen and oxygen atoms in total. The van der Waals surface area contributed by atoms with Gasteiger partial charge in [-0.05, 0) is 97.7 Å². The number of allylic oxidation sites excluding steroid dienone is 1. The van der Waals surface area contributed by atoms with E-state index >= 15 is 0 Å². The molecule has 4 heteroatoms. The van der Waals surface area contributed by atoms with Crippen molar-refractivity contribution in [2.75, 3.05) is 0 Å². The lowest BCUT2D eigenvalue weighted by molar-refractivity contribution is -0.152. The molecule has 0 aromatic rings. The van der Waals surface area contributed by atoms with Gasteiger partial charge in [-0.25, -0.2) is 0 Å². The third-order valence-corrected chi connectivity index (χ3v) is 11.4. The van der Waals surface area contributed by atoms with Crippen molar-refractivity contribution >= 4 is 11.9 Å². The van der Waals surface area contributed by atoms with E-state index in [4.69, 9.17) is 9.84 Å². The maximum absolute atomic E-state index is 12.5. The summed E-state index contributed by atoms with van der Waals surface area (Å²) in [5.74, 6) is 3.67. The number of hydrogen-bond donors (Lipinski definition) is 1. The second kappa shape index (κ2) is 11.8. The van der Waals surface area contributed by atoms with Crippen LogP contribution in [0.4, 0.5) is 0 Å². The Balaban J connectivity index is 1.50. The van der Waals surface area contributed by atoms with Gasteiger partial charge in [0.1, 0.15) is 6.10 Å². The average molecular weight is 515 g/mol. The quantitative estimate of drug-likeness (QED) is 0.170. The molecule has 0 saturated heterocycles. The predicted molar refractivity (Wildman–Crippen MR) is 149 cm³/mol. The Bertz CT molecular complexity index is 845. The number of esters is 1. The largest absolute Gasteiger partial charge is 0.481 e. The van der Waals surface area contributed by atoms with Crippen LogP contribution in [0, 0.1) is 46.3 Å². The van der Waals surface area contributed by atoms with Gasteiger partial charge in [-0.3, -0.25) is 9.59 Å². The van der Waals surface area contributed by atoms with E-state index < -0.39 is 5.97 Å². The second-order valence-electron chi connectivity index (χ2n) is 14.3. The number of fused-ring (bicyclic) bond motifs is 5. The van der Waals surface area contributed by atoms with Crippen molar-refractivity contribution in [1.29, 1.82) is 0 Å². The lowest BCUT2D eigenvalue weighted by Gasteiger charge is -2.60. The first-order valence-corrected chi connectivity index (χ1v) is 15.7. The summed E-state index contributed by atoms with van der Waals surface area (Å²) in [6.07, 6.45) is 18.3. The van der Waals surface area contributed by atoms with E-state index in [-0.39, 0.29) is 23.9 Å². The molecule has 1 unspecified atom stereocenters. The molecule has 210 valence electrons. The molecule has 0 bridgehead atoms. The van der Waals surface area contributed by atoms with Gasteiger partial charge in [0.15, 0.2) is 0 Å². The fraction of sp³-hybridized carbons (Fsp3) is 0.879. The summed E-state index contributed by atoms with van der Waals surface area (Å²) in [5.41, 5.74) is 2.39. The van der Waals surface area contributed by atoms with Crippen LogP contribution >= 0.6 is 0 Å². The molecule has 37 heavy (non-hydrogen) atoms. The molecule has 8 atom stereocenters. The van der Waals surface area contributed by atoms with Crippen LogP contribution in [0.15, 0.2) is 11.6 Å². The molecule has 4 aliphatic rings. The molecule has 0 amide bonds. The van der Waals surface area contributed by atoms with E-state index in [2.05, 4.69) is 40.7 Å². The third-order valence-electron chi connectivity index (χ3n) is 11.4. The van der Waals surface area contributed by atoms with Crippen LogP contribution in [0.3, 0.4) is 0 Å². The van der Waals surface area contributed by atoms with E-state index in [1.807, 2.05) is 0 Å². The standard InChI is InChI=1S/C33H54O4/c1-22(2)10-8-11-23(3)26-21-24-20-25(37-30(36)14-7-6-13-29(34)35)15-19-33(24,5)28-16-18-32(4)17-9-12-27(32)31(26)28/h21-23,25-28,31H,6-20H2,1-5H3,(H,34,35)/t23-,25+,26?,27+,28+,31+,32-,33+/m1/s1. The maximum Gasteiger partial charge on any atom is 0.306 e. The second-order valence-corrected chi connectivity index (χ2v) is 14.3. The normalized spacial score (nSPS) is 37.8. The van der Waals surface area contributed by atoms with Crippen LogP contribution in [-0.4, -0.2) is 23.1 Å². The molecule has 0 radical (unpaired) electrons. The van der Waals surface area contributed by atoms with Gasteiger partial charge >= 0.3 is 11.9 Å². The lowest BCUT2D eigenvalue weighted by Crippen LogP contribution is -2.53. The molecule has 0 aliphatic heterocycles. The third kappa shape index (κ3) is 6.30. The van der Waals surface area contributed by atoms with Crippen molar-refractivity contribution in [2.45, 2.75) is 137 Å². The van der Waals surface area contributed by atoms with Crippen LogP contribution in [0.25, 0.3) is 0 Å². The molecule has 3 fully saturated rings. The van der Waals surface area contributed by atoms with Crippen LogP contribution in [0.1, 0.15) is 131 Å². The van der Waals surface area contributed by atoms with Gasteiger partial charge in [-0.15, -0.1) is 0 Å². The first-order valence-electron chi connectivity index (χ1n) is 15.7. The van der Waals surface area contributed by atoms with Gasteiger partial charge in [0.2, 0.25) is 0 Å². The van der Waals surface area contributed by atoms with E-state index in [9.17, 15) is 9.59 Å². The molecule has 1 N–H and O–H groups in total. The van der Waals surface area contributed by atoms with Crippen LogP contribution in [0.2, 0.25) is 0 Å². The van der Waals surface area contributed by atoms with Crippen molar-refractivity contribution in [3.8, 4) is 0 Å². The van der Waals surface area contributed by atoms with E-state index in [0.29, 0.717) is 36.5 Å². The summed E-state index contributed by atoms with van der Waals surface area (Å²) < 4.78 is 5.97. The molecule has 4 aliphatic carbocycles. The lowest BCUT2D eigenvalue weighted by atomic mass is 9.45. The van der Waals surface area contributed by atoms with Gasteiger partial charge in [0.05, 0.1) is 0 Å². The number of ether oxygens (including phenoxy) is 1. The molecule has 0 spiro atoms. The predicted octanol–water partition coefficient (Wildman–Crippen LogP) is 8.58. The van der Waals surface area contributed by atoms with Crippen molar-refractivity contribution < 1.29 is 19.4 Å². The summed E-state index contributed by atoms with van der Waals surface area (Å²) in [4.78, 5) is 23.3. The van der Waals surface area contributed by atoms with Gasteiger partial charge in [0.25, 0.3) is 0 Å². The molecule has 0 aromatic carbocycles. The number of carbonyl (C=O) groups excluding carboxylic acids is 1. The zero-order valence-corrected chi connectivity index (χ0v) is 24.4. The molecule has 0 heterocycles. The highest BCUT2D eigenvalue weighted by Gasteiger charge is 2.58. The SMILES string of the molecule is CC(C)CCC[C@@H](C)C1C=C2C[C@@H](OC(=O)CCCCC(=O)O)CC[C@]2(C)[C@H]2CC[C@@]3(C)CCC[C@H]3[C@H]12. The summed E-state index contributed by atoms with van der Waals surface area (Å²) in [6.45, 7) is 12.4. The Morgan fingerprint density at radius 3 is 2.46 bits per heavy atom. The number of carbonyl (C=O) groups is 2. The Labute approximate surface area is 226 Å². The van der Waals surface area contributed by atoms with E-state index in [1.54, 1.807) is 5.57 Å². The number of aliphatic carboxylic acids is 1. The van der Waals surface area contributed by atoms with E-state index in [0.717, 1.165) is 42.9 Å². The minimum atomic E-state index is -0.795. The summed E-state index contributed by atoms with van der Waals surface area (Å²) >= 11 is 0. The smallest absolute Gasteiger partial charge is 0.306 e. The average Bonchev–Trinajstić information content (AvgIpc) is 3.23. The van der Waals surface area contributed by atoms with Crippen LogP contribution in [-0.2, 0) is 14.3 Å². The van der Waals surface area contributed by atoms with Gasteiger partial charge < -0.3 is 9.84 Å². The molecular formula is C33H54O4. The minimum absolute atomic E-state index is 0.0138. The molecular weight excluding hydrogens is 460 g/mol. The van der Waals surface area contributed by atoms with Crippen LogP contribution < -0.4 is 0 Å². The van der Waals surface area contributed by atoms with Gasteiger partial charge in [-0.1, -0.05) is 72.0 Å². The first kappa shape index (κ1) is 28.7. The van der Waals surface area contributed by atoms with Crippen molar-refractivity contribution in [3.05, 3.63) is 11.6 Å². The molecule has 3 saturated carbocycles. The monoisotopic (exact) mass is 514 g/mol. The summed E-state index contributed by atoms with van der Waals surface area (Å²) in [5, 5.41) is 8.83.